The second kappa shape index (κ2) is 7.36. The van der Waals surface area contributed by atoms with Gasteiger partial charge in [-0.15, -0.1) is 12.4 Å². The molecule has 0 bridgehead atoms. The van der Waals surface area contributed by atoms with Gasteiger partial charge in [-0.25, -0.2) is 0 Å². The minimum absolute atomic E-state index is 0. The van der Waals surface area contributed by atoms with E-state index in [2.05, 4.69) is 12.2 Å². The summed E-state index contributed by atoms with van der Waals surface area (Å²) in [5.74, 6) is 0.911. The zero-order valence-electron chi connectivity index (χ0n) is 11.4. The highest BCUT2D eigenvalue weighted by Crippen LogP contribution is 2.14. The molecule has 1 atom stereocenters. The molecule has 0 spiro atoms. The zero-order chi connectivity index (χ0) is 13.0. The largest absolute Gasteiger partial charge is 0.494 e. The summed E-state index contributed by atoms with van der Waals surface area (Å²) in [7, 11) is 0. The van der Waals surface area contributed by atoms with Crippen molar-refractivity contribution in [1.29, 1.82) is 0 Å². The van der Waals surface area contributed by atoms with E-state index in [1.165, 1.54) is 0 Å². The lowest BCUT2D eigenvalue weighted by atomic mass is 10.1. The van der Waals surface area contributed by atoms with Crippen LogP contribution in [0.2, 0.25) is 0 Å². The molecule has 0 radical (unpaired) electrons. The number of ether oxygens (including phenoxy) is 1. The minimum Gasteiger partial charge on any atom is -0.494 e. The van der Waals surface area contributed by atoms with Gasteiger partial charge in [-0.2, -0.15) is 0 Å². The number of piperazine rings is 1. The van der Waals surface area contributed by atoms with Crippen LogP contribution in [-0.2, 0) is 0 Å². The van der Waals surface area contributed by atoms with Gasteiger partial charge in [0.25, 0.3) is 5.91 Å². The lowest BCUT2D eigenvalue weighted by Crippen LogP contribution is -2.51. The predicted octanol–water partition coefficient (Wildman–Crippen LogP) is 1.94. The Morgan fingerprint density at radius 1 is 1.42 bits per heavy atom. The summed E-state index contributed by atoms with van der Waals surface area (Å²) < 4.78 is 5.37. The Bertz CT molecular complexity index is 408. The first-order valence-corrected chi connectivity index (χ1v) is 6.46. The molecular formula is C14H21ClN2O2. The monoisotopic (exact) mass is 284 g/mol. The predicted molar refractivity (Wildman–Crippen MR) is 78.2 cm³/mol. The Morgan fingerprint density at radius 2 is 2.11 bits per heavy atom. The van der Waals surface area contributed by atoms with Gasteiger partial charge in [-0.3, -0.25) is 4.79 Å². The molecule has 1 aromatic carbocycles. The van der Waals surface area contributed by atoms with Crippen molar-refractivity contribution >= 4 is 18.3 Å². The summed E-state index contributed by atoms with van der Waals surface area (Å²) in [6.45, 7) is 7.09. The number of benzene rings is 1. The highest BCUT2D eigenvalue weighted by Gasteiger charge is 2.21. The number of halogens is 1. The lowest BCUT2D eigenvalue weighted by Gasteiger charge is -2.32. The molecule has 1 N–H and O–H groups in total. The van der Waals surface area contributed by atoms with Crippen molar-refractivity contribution in [3.63, 3.8) is 0 Å². The number of nitrogens with one attached hydrogen (secondary N) is 1. The standard InChI is InChI=1S/C14H20N2O2.ClH/c1-3-18-13-6-4-12(5-7-13)14(17)16-9-8-15-11(2)10-16;/h4-7,11,15H,3,8-10H2,1-2H3;1H/t11-;/m1./s1. The maximum Gasteiger partial charge on any atom is 0.253 e. The first-order chi connectivity index (χ1) is 8.70. The van der Waals surface area contributed by atoms with E-state index in [-0.39, 0.29) is 18.3 Å². The van der Waals surface area contributed by atoms with Crippen molar-refractivity contribution in [2.45, 2.75) is 19.9 Å². The van der Waals surface area contributed by atoms with Gasteiger partial charge in [-0.05, 0) is 38.1 Å². The average Bonchev–Trinajstić information content (AvgIpc) is 2.39. The topological polar surface area (TPSA) is 41.6 Å². The number of amides is 1. The van der Waals surface area contributed by atoms with Crippen LogP contribution < -0.4 is 10.1 Å². The lowest BCUT2D eigenvalue weighted by molar-refractivity contribution is 0.0709. The fraction of sp³-hybridized carbons (Fsp3) is 0.500. The molecule has 1 aliphatic heterocycles. The molecule has 1 saturated heterocycles. The van der Waals surface area contributed by atoms with Crippen LogP contribution in [0.15, 0.2) is 24.3 Å². The fourth-order valence-corrected chi connectivity index (χ4v) is 2.16. The summed E-state index contributed by atoms with van der Waals surface area (Å²) in [5, 5.41) is 3.33. The number of hydrogen-bond donors (Lipinski definition) is 1. The van der Waals surface area contributed by atoms with Crippen molar-refractivity contribution in [2.24, 2.45) is 0 Å². The third-order valence-corrected chi connectivity index (χ3v) is 3.07. The average molecular weight is 285 g/mol. The van der Waals surface area contributed by atoms with Crippen LogP contribution in [0.1, 0.15) is 24.2 Å². The van der Waals surface area contributed by atoms with Gasteiger partial charge in [0.1, 0.15) is 5.75 Å². The molecule has 1 fully saturated rings. The Morgan fingerprint density at radius 3 is 2.68 bits per heavy atom. The minimum atomic E-state index is 0. The number of carbonyl (C=O) groups is 1. The van der Waals surface area contributed by atoms with Crippen LogP contribution >= 0.6 is 12.4 Å². The van der Waals surface area contributed by atoms with Crippen molar-refractivity contribution in [2.75, 3.05) is 26.2 Å². The number of rotatable bonds is 3. The molecule has 1 aliphatic rings. The second-order valence-corrected chi connectivity index (χ2v) is 4.56. The Labute approximate surface area is 120 Å². The first kappa shape index (κ1) is 15.8. The van der Waals surface area contributed by atoms with Crippen LogP contribution in [-0.4, -0.2) is 43.1 Å². The highest BCUT2D eigenvalue weighted by atomic mass is 35.5. The molecule has 4 nitrogen and oxygen atoms in total. The van der Waals surface area contributed by atoms with E-state index in [9.17, 15) is 4.79 Å². The Kier molecular flexibility index (Phi) is 6.12. The SMILES string of the molecule is CCOc1ccc(C(=O)N2CCN[C@H](C)C2)cc1.Cl. The van der Waals surface area contributed by atoms with E-state index in [4.69, 9.17) is 4.74 Å². The number of hydrogen-bond acceptors (Lipinski definition) is 3. The Hall–Kier alpha value is -1.26. The van der Waals surface area contributed by atoms with Crippen molar-refractivity contribution in [3.8, 4) is 5.75 Å². The number of carbonyl (C=O) groups excluding carboxylic acids is 1. The molecule has 0 unspecified atom stereocenters. The van der Waals surface area contributed by atoms with E-state index < -0.39 is 0 Å². The van der Waals surface area contributed by atoms with E-state index in [1.54, 1.807) is 0 Å². The third kappa shape index (κ3) is 4.11. The summed E-state index contributed by atoms with van der Waals surface area (Å²) >= 11 is 0. The molecule has 106 valence electrons. The normalized spacial score (nSPS) is 18.6. The first-order valence-electron chi connectivity index (χ1n) is 6.46. The molecule has 19 heavy (non-hydrogen) atoms. The van der Waals surface area contributed by atoms with Crippen LogP contribution in [0.3, 0.4) is 0 Å². The molecule has 0 saturated carbocycles. The summed E-state index contributed by atoms with van der Waals surface area (Å²) in [6.07, 6.45) is 0. The van der Waals surface area contributed by atoms with E-state index in [0.717, 1.165) is 30.9 Å². The van der Waals surface area contributed by atoms with Gasteiger partial charge in [0.05, 0.1) is 6.61 Å². The van der Waals surface area contributed by atoms with Gasteiger partial charge in [0.2, 0.25) is 0 Å². The molecule has 2 rings (SSSR count). The maximum atomic E-state index is 12.3. The van der Waals surface area contributed by atoms with Crippen molar-refractivity contribution < 1.29 is 9.53 Å². The van der Waals surface area contributed by atoms with Gasteiger partial charge in [-0.1, -0.05) is 0 Å². The quantitative estimate of drug-likeness (QED) is 0.922. The summed E-state index contributed by atoms with van der Waals surface area (Å²) in [6, 6.07) is 7.73. The third-order valence-electron chi connectivity index (χ3n) is 3.07. The molecule has 1 heterocycles. The number of nitrogens with zero attached hydrogens (tertiary/aromatic N) is 1. The van der Waals surface area contributed by atoms with E-state index in [1.807, 2.05) is 36.1 Å². The highest BCUT2D eigenvalue weighted by molar-refractivity contribution is 5.94. The van der Waals surface area contributed by atoms with E-state index in [0.29, 0.717) is 12.6 Å². The van der Waals surface area contributed by atoms with Crippen LogP contribution in [0.5, 0.6) is 5.75 Å². The van der Waals surface area contributed by atoms with Gasteiger partial charge in [0, 0.05) is 31.2 Å². The molecule has 0 aromatic heterocycles. The molecule has 5 heteroatoms. The van der Waals surface area contributed by atoms with Crippen LogP contribution in [0.25, 0.3) is 0 Å². The Balaban J connectivity index is 0.00000180. The molecular weight excluding hydrogens is 264 g/mol. The maximum absolute atomic E-state index is 12.3. The van der Waals surface area contributed by atoms with Crippen LogP contribution in [0, 0.1) is 0 Å². The van der Waals surface area contributed by atoms with Gasteiger partial charge in [0.15, 0.2) is 0 Å². The summed E-state index contributed by atoms with van der Waals surface area (Å²) in [5.41, 5.74) is 0.729. The zero-order valence-corrected chi connectivity index (χ0v) is 12.2. The molecule has 0 aliphatic carbocycles. The van der Waals surface area contributed by atoms with Crippen molar-refractivity contribution in [1.82, 2.24) is 10.2 Å². The molecule has 1 amide bonds. The van der Waals surface area contributed by atoms with Crippen molar-refractivity contribution in [3.05, 3.63) is 29.8 Å². The summed E-state index contributed by atoms with van der Waals surface area (Å²) in [4.78, 5) is 14.2. The van der Waals surface area contributed by atoms with Gasteiger partial charge < -0.3 is 15.0 Å². The molecule has 1 aromatic rings. The smallest absolute Gasteiger partial charge is 0.253 e. The van der Waals surface area contributed by atoms with Crippen LogP contribution in [0.4, 0.5) is 0 Å². The van der Waals surface area contributed by atoms with Gasteiger partial charge >= 0.3 is 0 Å². The second-order valence-electron chi connectivity index (χ2n) is 4.56. The fourth-order valence-electron chi connectivity index (χ4n) is 2.16. The van der Waals surface area contributed by atoms with E-state index >= 15 is 0 Å².